The van der Waals surface area contributed by atoms with Gasteiger partial charge in [0.25, 0.3) is 0 Å². The molecule has 1 saturated carbocycles. The van der Waals surface area contributed by atoms with Crippen LogP contribution in [-0.4, -0.2) is 19.6 Å². The molecule has 0 amide bonds. The van der Waals surface area contributed by atoms with Gasteiger partial charge in [0, 0.05) is 50.0 Å². The van der Waals surface area contributed by atoms with Crippen LogP contribution in [0.1, 0.15) is 43.6 Å². The number of fused-ring (bicyclic) bond motifs is 4. The van der Waals surface area contributed by atoms with Crippen LogP contribution >= 0.6 is 0 Å². The molecular weight excluding hydrogens is 653 g/mol. The average Bonchev–Trinajstić information content (AvgIpc) is 3.28. The fourth-order valence-electron chi connectivity index (χ4n) is 5.70. The largest absolute Gasteiger partial charge is 0.506 e. The van der Waals surface area contributed by atoms with Crippen molar-refractivity contribution in [3.05, 3.63) is 96.7 Å². The van der Waals surface area contributed by atoms with Crippen molar-refractivity contribution in [2.75, 3.05) is 0 Å². The summed E-state index contributed by atoms with van der Waals surface area (Å²) >= 11 is 0. The average molecular weight is 680 g/mol. The van der Waals surface area contributed by atoms with E-state index in [0.29, 0.717) is 23.1 Å². The summed E-state index contributed by atoms with van der Waals surface area (Å²) in [5.74, 6) is 2.59. The maximum absolute atomic E-state index is 10.2. The van der Waals surface area contributed by atoms with Gasteiger partial charge >= 0.3 is 0 Å². The number of phenols is 1. The molecule has 0 bridgehead atoms. The Hall–Kier alpha value is -3.69. The molecule has 0 aliphatic heterocycles. The number of para-hydroxylation sites is 2. The molecule has 192 valence electrons. The second-order valence-electron chi connectivity index (χ2n) is 9.82. The standard InChI is InChI=1S/C32H26N3O2.Pt/c36-29-12-6-9-22-13-16-31(34-32(22)29)37-24-14-15-26-25-10-4-5-11-27(25)35(28(26)20-24)30-19-23(17-18-33-30)21-7-2-1-3-8-21;/h4-6,9-19,21,36H,1-3,7-8H2;/q-1;. The summed E-state index contributed by atoms with van der Waals surface area (Å²) in [6.07, 6.45) is 8.36. The number of benzene rings is 3. The molecule has 0 atom stereocenters. The van der Waals surface area contributed by atoms with E-state index in [-0.39, 0.29) is 26.8 Å². The molecule has 0 unspecified atom stereocenters. The summed E-state index contributed by atoms with van der Waals surface area (Å²) in [5, 5.41) is 13.3. The number of hydrogen-bond donors (Lipinski definition) is 1. The van der Waals surface area contributed by atoms with Crippen LogP contribution in [0.25, 0.3) is 38.5 Å². The summed E-state index contributed by atoms with van der Waals surface area (Å²) in [4.78, 5) is 9.32. The van der Waals surface area contributed by atoms with Gasteiger partial charge in [0.05, 0.1) is 0 Å². The van der Waals surface area contributed by atoms with E-state index in [1.165, 1.54) is 37.7 Å². The van der Waals surface area contributed by atoms with Crippen LogP contribution in [0, 0.1) is 6.07 Å². The van der Waals surface area contributed by atoms with Gasteiger partial charge in [0.1, 0.15) is 17.1 Å². The Morgan fingerprint density at radius 3 is 2.63 bits per heavy atom. The second-order valence-corrected chi connectivity index (χ2v) is 9.82. The van der Waals surface area contributed by atoms with Gasteiger partial charge < -0.3 is 14.4 Å². The Balaban J connectivity index is 0.00000264. The van der Waals surface area contributed by atoms with Crippen molar-refractivity contribution in [1.82, 2.24) is 14.5 Å². The first-order valence-electron chi connectivity index (χ1n) is 12.9. The number of nitrogens with zero attached hydrogens (tertiary/aromatic N) is 3. The Morgan fingerprint density at radius 1 is 0.868 bits per heavy atom. The van der Waals surface area contributed by atoms with Crippen LogP contribution in [0.3, 0.4) is 0 Å². The van der Waals surface area contributed by atoms with Gasteiger partial charge in [-0.2, -0.15) is 6.07 Å². The molecular formula is C32H26N3O2Pt-. The molecule has 3 aromatic heterocycles. The number of ether oxygens (including phenoxy) is 1. The van der Waals surface area contributed by atoms with Crippen molar-refractivity contribution in [3.8, 4) is 23.2 Å². The number of pyridine rings is 2. The Morgan fingerprint density at radius 2 is 1.74 bits per heavy atom. The van der Waals surface area contributed by atoms with E-state index in [2.05, 4.69) is 58.1 Å². The van der Waals surface area contributed by atoms with Crippen molar-refractivity contribution in [2.24, 2.45) is 0 Å². The van der Waals surface area contributed by atoms with E-state index >= 15 is 0 Å². The summed E-state index contributed by atoms with van der Waals surface area (Å²) in [6, 6.07) is 29.4. The van der Waals surface area contributed by atoms with Gasteiger partial charge in [-0.15, -0.1) is 17.5 Å². The third-order valence-electron chi connectivity index (χ3n) is 7.52. The molecule has 3 heterocycles. The van der Waals surface area contributed by atoms with Crippen LogP contribution in [0.15, 0.2) is 85.1 Å². The molecule has 6 heteroatoms. The van der Waals surface area contributed by atoms with Crippen LogP contribution in [0.4, 0.5) is 0 Å². The van der Waals surface area contributed by atoms with Gasteiger partial charge in [-0.3, -0.25) is 0 Å². The van der Waals surface area contributed by atoms with Gasteiger partial charge in [-0.25, -0.2) is 9.97 Å². The monoisotopic (exact) mass is 679 g/mol. The third kappa shape index (κ3) is 4.35. The number of rotatable bonds is 4. The smallest absolute Gasteiger partial charge is 0.217 e. The van der Waals surface area contributed by atoms with E-state index in [0.717, 1.165) is 33.0 Å². The van der Waals surface area contributed by atoms with Gasteiger partial charge in [0.15, 0.2) is 0 Å². The third-order valence-corrected chi connectivity index (χ3v) is 7.52. The van der Waals surface area contributed by atoms with E-state index in [9.17, 15) is 5.11 Å². The predicted octanol–water partition coefficient (Wildman–Crippen LogP) is 8.07. The van der Waals surface area contributed by atoms with Crippen molar-refractivity contribution in [3.63, 3.8) is 0 Å². The number of aromatic nitrogens is 3. The van der Waals surface area contributed by atoms with Crippen LogP contribution in [0.2, 0.25) is 0 Å². The van der Waals surface area contributed by atoms with Gasteiger partial charge in [-0.05, 0) is 60.0 Å². The fourth-order valence-corrected chi connectivity index (χ4v) is 5.70. The van der Waals surface area contributed by atoms with Gasteiger partial charge in [0.2, 0.25) is 5.88 Å². The molecule has 1 N–H and O–H groups in total. The quantitative estimate of drug-likeness (QED) is 0.192. The molecule has 0 saturated heterocycles. The Labute approximate surface area is 235 Å². The summed E-state index contributed by atoms with van der Waals surface area (Å²) < 4.78 is 8.33. The molecule has 6 aromatic rings. The minimum absolute atomic E-state index is 0. The van der Waals surface area contributed by atoms with Crippen LogP contribution < -0.4 is 4.74 Å². The molecule has 3 aromatic carbocycles. The zero-order valence-electron chi connectivity index (χ0n) is 20.7. The predicted molar refractivity (Wildman–Crippen MR) is 147 cm³/mol. The van der Waals surface area contributed by atoms with Crippen LogP contribution in [0.5, 0.6) is 17.4 Å². The topological polar surface area (TPSA) is 60.2 Å². The first-order valence-corrected chi connectivity index (χ1v) is 12.9. The molecule has 38 heavy (non-hydrogen) atoms. The minimum Gasteiger partial charge on any atom is -0.506 e. The molecule has 0 radical (unpaired) electrons. The van der Waals surface area contributed by atoms with Crippen molar-refractivity contribution >= 4 is 32.7 Å². The van der Waals surface area contributed by atoms with E-state index in [4.69, 9.17) is 9.72 Å². The molecule has 1 aliphatic carbocycles. The Kier molecular flexibility index (Phi) is 6.63. The van der Waals surface area contributed by atoms with E-state index in [1.54, 1.807) is 12.1 Å². The first kappa shape index (κ1) is 24.6. The number of hydrogen-bond acceptors (Lipinski definition) is 4. The first-order chi connectivity index (χ1) is 18.2. The van der Waals surface area contributed by atoms with Crippen LogP contribution in [-0.2, 0) is 21.1 Å². The summed E-state index contributed by atoms with van der Waals surface area (Å²) in [7, 11) is 0. The zero-order valence-corrected chi connectivity index (χ0v) is 23.0. The van der Waals surface area contributed by atoms with Crippen molar-refractivity contribution < 1.29 is 30.9 Å². The molecule has 0 spiro atoms. The van der Waals surface area contributed by atoms with E-state index in [1.807, 2.05) is 30.5 Å². The van der Waals surface area contributed by atoms with Crippen molar-refractivity contribution in [1.29, 1.82) is 0 Å². The summed E-state index contributed by atoms with van der Waals surface area (Å²) in [5.41, 5.74) is 3.88. The Bertz CT molecular complexity index is 1770. The molecule has 5 nitrogen and oxygen atoms in total. The number of phenolic OH excluding ortho intramolecular Hbond substituents is 1. The molecule has 1 fully saturated rings. The molecule has 7 rings (SSSR count). The van der Waals surface area contributed by atoms with Crippen molar-refractivity contribution in [2.45, 2.75) is 38.0 Å². The minimum atomic E-state index is 0. The number of aromatic hydroxyl groups is 1. The molecule has 1 aliphatic rings. The fraction of sp³-hybridized carbons (Fsp3) is 0.188. The maximum Gasteiger partial charge on any atom is 0.217 e. The second kappa shape index (κ2) is 10.2. The SMILES string of the molecule is Oc1cccc2ccc(Oc3[c-]c4c(cc3)c3ccccc3n4-c3cc(C4CCCCC4)ccn3)nc12.[Pt]. The zero-order chi connectivity index (χ0) is 24.8. The van der Waals surface area contributed by atoms with Gasteiger partial charge in [-0.1, -0.05) is 55.1 Å². The van der Waals surface area contributed by atoms with E-state index < -0.39 is 0 Å². The maximum atomic E-state index is 10.2. The summed E-state index contributed by atoms with van der Waals surface area (Å²) in [6.45, 7) is 0. The normalized spacial score (nSPS) is 14.1.